The van der Waals surface area contributed by atoms with Crippen molar-refractivity contribution in [3.63, 3.8) is 0 Å². The summed E-state index contributed by atoms with van der Waals surface area (Å²) in [4.78, 5) is 0. The molecule has 0 radical (unpaired) electrons. The second kappa shape index (κ2) is 7.44. The van der Waals surface area contributed by atoms with Crippen LogP contribution in [0.25, 0.3) is 80.0 Å². The summed E-state index contributed by atoms with van der Waals surface area (Å²) in [6, 6.07) is 46.9. The van der Waals surface area contributed by atoms with Crippen LogP contribution in [0.5, 0.6) is 0 Å². The van der Waals surface area contributed by atoms with Crippen molar-refractivity contribution >= 4 is 85.6 Å². The molecule has 2 heteroatoms. The summed E-state index contributed by atoms with van der Waals surface area (Å²) < 4.78 is 5.19. The first-order valence-corrected chi connectivity index (χ1v) is 13.8. The zero-order valence-corrected chi connectivity index (χ0v) is 21.3. The van der Waals surface area contributed by atoms with Gasteiger partial charge in [-0.25, -0.2) is 0 Å². The Hall–Kier alpha value is -4.66. The lowest BCUT2D eigenvalue weighted by Crippen LogP contribution is -1.94. The topological polar surface area (TPSA) is 4.93 Å². The number of fused-ring (bicyclic) bond motifs is 12. The Morgan fingerprint density at radius 1 is 0.447 bits per heavy atom. The maximum absolute atomic E-state index is 2.47. The molecule has 176 valence electrons. The monoisotopic (exact) mass is 499 g/mol. The zero-order valence-electron chi connectivity index (χ0n) is 20.5. The summed E-state index contributed by atoms with van der Waals surface area (Å²) in [5.74, 6) is 0. The van der Waals surface area contributed by atoms with E-state index in [1.807, 2.05) is 11.3 Å². The van der Waals surface area contributed by atoms with E-state index in [9.17, 15) is 0 Å². The van der Waals surface area contributed by atoms with Crippen LogP contribution in [-0.2, 0) is 0 Å². The Balaban J connectivity index is 1.49. The van der Waals surface area contributed by atoms with Crippen molar-refractivity contribution in [3.05, 3.63) is 127 Å². The Morgan fingerprint density at radius 2 is 1.11 bits per heavy atom. The van der Waals surface area contributed by atoms with Crippen molar-refractivity contribution in [2.45, 2.75) is 0 Å². The fraction of sp³-hybridized carbons (Fsp3) is 0. The molecule has 1 nitrogen and oxygen atoms in total. The van der Waals surface area contributed by atoms with Crippen LogP contribution in [0.2, 0.25) is 0 Å². The molecule has 0 aliphatic heterocycles. The minimum absolute atomic E-state index is 1.20. The van der Waals surface area contributed by atoms with Gasteiger partial charge in [-0.3, -0.25) is 0 Å². The van der Waals surface area contributed by atoms with E-state index in [0.717, 1.165) is 0 Å². The average molecular weight is 500 g/mol. The van der Waals surface area contributed by atoms with E-state index < -0.39 is 0 Å². The minimum Gasteiger partial charge on any atom is -0.309 e. The van der Waals surface area contributed by atoms with E-state index in [0.29, 0.717) is 0 Å². The van der Waals surface area contributed by atoms with E-state index in [4.69, 9.17) is 0 Å². The highest BCUT2D eigenvalue weighted by molar-refractivity contribution is 7.26. The zero-order chi connectivity index (χ0) is 24.8. The molecule has 0 spiro atoms. The quantitative estimate of drug-likeness (QED) is 0.198. The van der Waals surface area contributed by atoms with Gasteiger partial charge in [0.1, 0.15) is 0 Å². The number of hydrogen-bond acceptors (Lipinski definition) is 1. The molecule has 38 heavy (non-hydrogen) atoms. The molecule has 7 aromatic carbocycles. The summed E-state index contributed by atoms with van der Waals surface area (Å²) >= 11 is 1.91. The molecule has 2 aromatic heterocycles. The van der Waals surface area contributed by atoms with Gasteiger partial charge in [-0.05, 0) is 45.8 Å². The predicted octanol–water partition coefficient (Wildman–Crippen LogP) is 10.6. The molecule has 0 unspecified atom stereocenters. The van der Waals surface area contributed by atoms with Crippen LogP contribution in [0.1, 0.15) is 0 Å². The van der Waals surface area contributed by atoms with Crippen LogP contribution in [-0.4, -0.2) is 4.57 Å². The predicted molar refractivity (Wildman–Crippen MR) is 166 cm³/mol. The fourth-order valence-electron chi connectivity index (χ4n) is 6.45. The molecule has 2 heterocycles. The first-order valence-electron chi connectivity index (χ1n) is 13.0. The van der Waals surface area contributed by atoms with Gasteiger partial charge < -0.3 is 4.57 Å². The molecule has 0 N–H and O–H groups in total. The van der Waals surface area contributed by atoms with Crippen LogP contribution in [0, 0.1) is 0 Å². The summed E-state index contributed by atoms with van der Waals surface area (Å²) in [5.41, 5.74) is 3.71. The van der Waals surface area contributed by atoms with Gasteiger partial charge in [-0.15, -0.1) is 11.3 Å². The molecule has 9 aromatic rings. The first kappa shape index (κ1) is 20.4. The first-order chi connectivity index (χ1) is 18.8. The molecular formula is C36H21NS. The highest BCUT2D eigenvalue weighted by Gasteiger charge is 2.17. The smallest absolute Gasteiger partial charge is 0.0619 e. The maximum atomic E-state index is 2.47. The average Bonchev–Trinajstić information content (AvgIpc) is 3.53. The Bertz CT molecular complexity index is 2400. The van der Waals surface area contributed by atoms with E-state index in [-0.39, 0.29) is 0 Å². The third-order valence-corrected chi connectivity index (χ3v) is 9.35. The molecule has 0 atom stereocenters. The van der Waals surface area contributed by atoms with Crippen LogP contribution >= 0.6 is 11.3 Å². The van der Waals surface area contributed by atoms with Crippen LogP contribution in [0.4, 0.5) is 0 Å². The normalized spacial score (nSPS) is 12.2. The second-order valence-electron chi connectivity index (χ2n) is 10.1. The number of thiophene rings is 1. The number of aromatic nitrogens is 1. The highest BCUT2D eigenvalue weighted by Crippen LogP contribution is 2.44. The van der Waals surface area contributed by atoms with Gasteiger partial charge in [-0.1, -0.05) is 103 Å². The van der Waals surface area contributed by atoms with Gasteiger partial charge in [-0.2, -0.15) is 0 Å². The van der Waals surface area contributed by atoms with Crippen LogP contribution < -0.4 is 0 Å². The van der Waals surface area contributed by atoms with Crippen LogP contribution in [0.15, 0.2) is 127 Å². The van der Waals surface area contributed by atoms with Crippen molar-refractivity contribution in [2.24, 2.45) is 0 Å². The lowest BCUT2D eigenvalue weighted by atomic mass is 9.98. The van der Waals surface area contributed by atoms with E-state index in [1.165, 1.54) is 80.0 Å². The SMILES string of the molecule is c1ccc2cc(-n3c4ccccc4c4ccc5c(ccc6ccc7c8ccccc8sc7c65)c43)ccc2c1. The number of nitrogens with zero attached hydrogens (tertiary/aromatic N) is 1. The van der Waals surface area contributed by atoms with E-state index in [1.54, 1.807) is 0 Å². The van der Waals surface area contributed by atoms with Gasteiger partial charge in [0.2, 0.25) is 0 Å². The molecular weight excluding hydrogens is 478 g/mol. The van der Waals surface area contributed by atoms with E-state index >= 15 is 0 Å². The summed E-state index contributed by atoms with van der Waals surface area (Å²) in [5, 5.41) is 13.1. The number of rotatable bonds is 1. The standard InChI is InChI=1S/C36H21NS/c1-2-8-24-21-25(16-13-22(24)7-1)37-32-11-5-3-9-26(32)29-20-19-28-30(35(29)37)17-14-23-15-18-31-27-10-4-6-12-33(27)38-36(31)34(23)28/h1-21H. The largest absolute Gasteiger partial charge is 0.309 e. The number of para-hydroxylation sites is 1. The maximum Gasteiger partial charge on any atom is 0.0619 e. The molecule has 0 amide bonds. The minimum atomic E-state index is 1.20. The van der Waals surface area contributed by atoms with Crippen LogP contribution in [0.3, 0.4) is 0 Å². The van der Waals surface area contributed by atoms with Gasteiger partial charge in [0.15, 0.2) is 0 Å². The van der Waals surface area contributed by atoms with Gasteiger partial charge in [0, 0.05) is 47.4 Å². The lowest BCUT2D eigenvalue weighted by molar-refractivity contribution is 1.19. The van der Waals surface area contributed by atoms with Crippen molar-refractivity contribution in [2.75, 3.05) is 0 Å². The van der Waals surface area contributed by atoms with Gasteiger partial charge in [0.25, 0.3) is 0 Å². The Labute approximate surface area is 222 Å². The molecule has 0 saturated heterocycles. The third kappa shape index (κ3) is 2.65. The molecule has 0 fully saturated rings. The van der Waals surface area contributed by atoms with Gasteiger partial charge in [0.05, 0.1) is 11.0 Å². The summed E-state index contributed by atoms with van der Waals surface area (Å²) in [6.07, 6.45) is 0. The molecule has 0 aliphatic rings. The molecule has 0 saturated carbocycles. The molecule has 0 bridgehead atoms. The molecule has 0 aliphatic carbocycles. The Morgan fingerprint density at radius 3 is 2.03 bits per heavy atom. The van der Waals surface area contributed by atoms with Crippen molar-refractivity contribution in [3.8, 4) is 5.69 Å². The third-order valence-electron chi connectivity index (χ3n) is 8.15. The fourth-order valence-corrected chi connectivity index (χ4v) is 7.72. The van der Waals surface area contributed by atoms with Crippen molar-refractivity contribution < 1.29 is 0 Å². The van der Waals surface area contributed by atoms with E-state index in [2.05, 4.69) is 132 Å². The summed E-state index contributed by atoms with van der Waals surface area (Å²) in [6.45, 7) is 0. The van der Waals surface area contributed by atoms with Crippen molar-refractivity contribution in [1.82, 2.24) is 4.57 Å². The van der Waals surface area contributed by atoms with Gasteiger partial charge >= 0.3 is 0 Å². The lowest BCUT2D eigenvalue weighted by Gasteiger charge is -2.12. The Kier molecular flexibility index (Phi) is 3.99. The molecule has 9 rings (SSSR count). The highest BCUT2D eigenvalue weighted by atomic mass is 32.1. The van der Waals surface area contributed by atoms with Crippen molar-refractivity contribution in [1.29, 1.82) is 0 Å². The number of benzene rings is 7. The number of hydrogen-bond donors (Lipinski definition) is 0. The second-order valence-corrected chi connectivity index (χ2v) is 11.2. The summed E-state index contributed by atoms with van der Waals surface area (Å²) in [7, 11) is 0.